The second-order valence-corrected chi connectivity index (χ2v) is 4.28. The summed E-state index contributed by atoms with van der Waals surface area (Å²) in [4.78, 5) is 24.2. The van der Waals surface area contributed by atoms with Crippen LogP contribution in [0.5, 0.6) is 0 Å². The van der Waals surface area contributed by atoms with Crippen LogP contribution in [0.25, 0.3) is 0 Å². The first kappa shape index (κ1) is 14.2. The first-order chi connectivity index (χ1) is 8.43. The first-order valence-electron chi connectivity index (χ1n) is 5.87. The third kappa shape index (κ3) is 3.87. The van der Waals surface area contributed by atoms with Gasteiger partial charge in [-0.3, -0.25) is 9.59 Å². The van der Waals surface area contributed by atoms with E-state index in [1.54, 1.807) is 13.0 Å². The largest absolute Gasteiger partial charge is 0.480 e. The topological polar surface area (TPSA) is 83.6 Å². The molecule has 100 valence electrons. The molecule has 1 unspecified atom stereocenters. The Morgan fingerprint density at radius 2 is 2.22 bits per heavy atom. The lowest BCUT2D eigenvalue weighted by Crippen LogP contribution is -2.42. The number of aromatic nitrogens is 1. The molecule has 0 spiro atoms. The number of aliphatic carboxylic acids is 1. The van der Waals surface area contributed by atoms with Crippen molar-refractivity contribution in [3.05, 3.63) is 17.5 Å². The van der Waals surface area contributed by atoms with E-state index in [4.69, 9.17) is 9.63 Å². The number of hydrogen-bond donors (Lipinski definition) is 1. The predicted molar refractivity (Wildman–Crippen MR) is 64.0 cm³/mol. The van der Waals surface area contributed by atoms with Crippen LogP contribution in [0.2, 0.25) is 0 Å². The zero-order valence-corrected chi connectivity index (χ0v) is 10.8. The standard InChI is InChI=1S/C12H18N2O4/c1-4-8(2)14(7-12(16)17)11(15)6-10-5-9(3)18-13-10/h5,8H,4,6-7H2,1-3H3,(H,16,17). The summed E-state index contributed by atoms with van der Waals surface area (Å²) in [5, 5.41) is 12.6. The summed E-state index contributed by atoms with van der Waals surface area (Å²) < 4.78 is 4.88. The average Bonchev–Trinajstić information content (AvgIpc) is 2.70. The molecule has 1 heterocycles. The average molecular weight is 254 g/mol. The van der Waals surface area contributed by atoms with Crippen molar-refractivity contribution in [1.29, 1.82) is 0 Å². The van der Waals surface area contributed by atoms with Gasteiger partial charge >= 0.3 is 5.97 Å². The fourth-order valence-corrected chi connectivity index (χ4v) is 1.61. The Balaban J connectivity index is 2.72. The van der Waals surface area contributed by atoms with Crippen LogP contribution in [0.3, 0.4) is 0 Å². The van der Waals surface area contributed by atoms with Crippen molar-refractivity contribution < 1.29 is 19.2 Å². The van der Waals surface area contributed by atoms with Crippen LogP contribution in [0, 0.1) is 6.92 Å². The van der Waals surface area contributed by atoms with Gasteiger partial charge in [-0.05, 0) is 20.3 Å². The summed E-state index contributed by atoms with van der Waals surface area (Å²) in [6.45, 7) is 5.19. The highest BCUT2D eigenvalue weighted by atomic mass is 16.5. The molecule has 6 nitrogen and oxygen atoms in total. The van der Waals surface area contributed by atoms with Crippen LogP contribution in [0.15, 0.2) is 10.6 Å². The molecule has 0 aromatic carbocycles. The van der Waals surface area contributed by atoms with Gasteiger partial charge in [-0.2, -0.15) is 0 Å². The molecule has 1 aromatic rings. The van der Waals surface area contributed by atoms with Crippen LogP contribution in [-0.4, -0.2) is 39.6 Å². The molecule has 0 aliphatic carbocycles. The van der Waals surface area contributed by atoms with Crippen molar-refractivity contribution in [2.75, 3.05) is 6.54 Å². The number of rotatable bonds is 6. The third-order valence-electron chi connectivity index (χ3n) is 2.76. The van der Waals surface area contributed by atoms with Gasteiger partial charge in [-0.15, -0.1) is 0 Å². The zero-order chi connectivity index (χ0) is 13.7. The number of carboxylic acids is 1. The Kier molecular flexibility index (Phi) is 4.88. The van der Waals surface area contributed by atoms with E-state index < -0.39 is 5.97 Å². The molecule has 0 aliphatic heterocycles. The SMILES string of the molecule is CCC(C)N(CC(=O)O)C(=O)Cc1cc(C)on1. The van der Waals surface area contributed by atoms with E-state index >= 15 is 0 Å². The monoisotopic (exact) mass is 254 g/mol. The van der Waals surface area contributed by atoms with Crippen LogP contribution in [-0.2, 0) is 16.0 Å². The van der Waals surface area contributed by atoms with Crippen molar-refractivity contribution in [2.24, 2.45) is 0 Å². The third-order valence-corrected chi connectivity index (χ3v) is 2.76. The second-order valence-electron chi connectivity index (χ2n) is 4.28. The van der Waals surface area contributed by atoms with Gasteiger partial charge in [0.05, 0.1) is 12.1 Å². The van der Waals surface area contributed by atoms with Gasteiger partial charge in [0.25, 0.3) is 0 Å². The lowest BCUT2D eigenvalue weighted by atomic mass is 10.2. The smallest absolute Gasteiger partial charge is 0.323 e. The van der Waals surface area contributed by atoms with Gasteiger partial charge in [0.15, 0.2) is 0 Å². The quantitative estimate of drug-likeness (QED) is 0.825. The van der Waals surface area contributed by atoms with E-state index in [9.17, 15) is 9.59 Å². The molecule has 1 atom stereocenters. The minimum atomic E-state index is -1.01. The zero-order valence-electron chi connectivity index (χ0n) is 10.8. The van der Waals surface area contributed by atoms with Gasteiger partial charge in [0, 0.05) is 12.1 Å². The van der Waals surface area contributed by atoms with E-state index in [0.717, 1.165) is 0 Å². The van der Waals surface area contributed by atoms with Crippen LogP contribution >= 0.6 is 0 Å². The minimum Gasteiger partial charge on any atom is -0.480 e. The molecular formula is C12H18N2O4. The van der Waals surface area contributed by atoms with E-state index in [2.05, 4.69) is 5.16 Å². The summed E-state index contributed by atoms with van der Waals surface area (Å²) in [6, 6.07) is 1.56. The van der Waals surface area contributed by atoms with Gasteiger partial charge in [0.2, 0.25) is 5.91 Å². The highest BCUT2D eigenvalue weighted by molar-refractivity contribution is 5.83. The Hall–Kier alpha value is -1.85. The molecule has 18 heavy (non-hydrogen) atoms. The maximum atomic E-state index is 12.0. The normalized spacial score (nSPS) is 12.2. The van der Waals surface area contributed by atoms with Gasteiger partial charge in [-0.1, -0.05) is 12.1 Å². The molecule has 1 rings (SSSR count). The highest BCUT2D eigenvalue weighted by Gasteiger charge is 2.22. The van der Waals surface area contributed by atoms with Crippen LogP contribution in [0.4, 0.5) is 0 Å². The van der Waals surface area contributed by atoms with Crippen molar-refractivity contribution in [3.8, 4) is 0 Å². The lowest BCUT2D eigenvalue weighted by Gasteiger charge is -2.26. The molecule has 1 aromatic heterocycles. The lowest BCUT2D eigenvalue weighted by molar-refractivity contribution is -0.145. The first-order valence-corrected chi connectivity index (χ1v) is 5.87. The van der Waals surface area contributed by atoms with Gasteiger partial charge in [0.1, 0.15) is 12.3 Å². The maximum Gasteiger partial charge on any atom is 0.323 e. The molecule has 0 fully saturated rings. The van der Waals surface area contributed by atoms with Gasteiger partial charge in [-0.25, -0.2) is 0 Å². The Bertz CT molecular complexity index is 427. The number of nitrogens with zero attached hydrogens (tertiary/aromatic N) is 2. The highest BCUT2D eigenvalue weighted by Crippen LogP contribution is 2.09. The molecular weight excluding hydrogens is 236 g/mol. The molecule has 6 heteroatoms. The predicted octanol–water partition coefficient (Wildman–Crippen LogP) is 1.24. The van der Waals surface area contributed by atoms with E-state index in [1.807, 2.05) is 13.8 Å². The number of hydrogen-bond acceptors (Lipinski definition) is 4. The van der Waals surface area contributed by atoms with E-state index in [1.165, 1.54) is 4.90 Å². The summed E-state index contributed by atoms with van der Waals surface area (Å²) >= 11 is 0. The number of carboxylic acid groups (broad SMARTS) is 1. The number of amides is 1. The summed E-state index contributed by atoms with van der Waals surface area (Å²) in [6.07, 6.45) is 0.770. The Morgan fingerprint density at radius 1 is 1.56 bits per heavy atom. The molecule has 0 saturated heterocycles. The Labute approximate surface area is 106 Å². The number of carbonyl (C=O) groups is 2. The minimum absolute atomic E-state index is 0.0644. The van der Waals surface area contributed by atoms with E-state index in [0.29, 0.717) is 17.9 Å². The molecule has 0 aliphatic rings. The molecule has 1 N–H and O–H groups in total. The van der Waals surface area contributed by atoms with Gasteiger partial charge < -0.3 is 14.5 Å². The molecule has 1 amide bonds. The van der Waals surface area contributed by atoms with Crippen LogP contribution < -0.4 is 0 Å². The number of carbonyl (C=O) groups excluding carboxylic acids is 1. The Morgan fingerprint density at radius 3 is 2.67 bits per heavy atom. The van der Waals surface area contributed by atoms with Crippen molar-refractivity contribution in [3.63, 3.8) is 0 Å². The molecule has 0 saturated carbocycles. The van der Waals surface area contributed by atoms with Crippen molar-refractivity contribution in [2.45, 2.75) is 39.7 Å². The van der Waals surface area contributed by atoms with Crippen molar-refractivity contribution >= 4 is 11.9 Å². The maximum absolute atomic E-state index is 12.0. The van der Waals surface area contributed by atoms with E-state index in [-0.39, 0.29) is 24.9 Å². The second kappa shape index (κ2) is 6.18. The molecule has 0 bridgehead atoms. The fraction of sp³-hybridized carbons (Fsp3) is 0.583. The number of aryl methyl sites for hydroxylation is 1. The fourth-order valence-electron chi connectivity index (χ4n) is 1.61. The summed E-state index contributed by atoms with van der Waals surface area (Å²) in [7, 11) is 0. The van der Waals surface area contributed by atoms with Crippen molar-refractivity contribution in [1.82, 2.24) is 10.1 Å². The summed E-state index contributed by atoms with van der Waals surface area (Å²) in [5.41, 5.74) is 0.524. The summed E-state index contributed by atoms with van der Waals surface area (Å²) in [5.74, 6) is -0.633. The molecule has 0 radical (unpaired) electrons. The van der Waals surface area contributed by atoms with Crippen LogP contribution in [0.1, 0.15) is 31.7 Å².